The van der Waals surface area contributed by atoms with Crippen LogP contribution >= 0.6 is 0 Å². The van der Waals surface area contributed by atoms with E-state index in [1.807, 2.05) is 49.6 Å². The van der Waals surface area contributed by atoms with Crippen molar-refractivity contribution in [3.05, 3.63) is 54.0 Å². The molecule has 0 atom stereocenters. The zero-order valence-electron chi connectivity index (χ0n) is 10.7. The minimum atomic E-state index is -0.0129. The van der Waals surface area contributed by atoms with E-state index in [2.05, 4.69) is 15.3 Å². The first-order valence-corrected chi connectivity index (χ1v) is 6.22. The van der Waals surface area contributed by atoms with Crippen LogP contribution in [-0.4, -0.2) is 15.9 Å². The van der Waals surface area contributed by atoms with Gasteiger partial charge in [-0.1, -0.05) is 12.1 Å². The third-order valence-electron chi connectivity index (χ3n) is 3.11. The lowest BCUT2D eigenvalue weighted by atomic mass is 10.2. The molecule has 4 nitrogen and oxygen atoms in total. The predicted octanol–water partition coefficient (Wildman–Crippen LogP) is 2.99. The summed E-state index contributed by atoms with van der Waals surface area (Å²) in [4.78, 5) is 18.2. The van der Waals surface area contributed by atoms with E-state index in [1.54, 1.807) is 0 Å². The van der Waals surface area contributed by atoms with Gasteiger partial charge in [0.05, 0.1) is 17.6 Å². The number of aromatic amines is 2. The number of benzene rings is 1. The third kappa shape index (κ3) is 2.38. The van der Waals surface area contributed by atoms with Gasteiger partial charge >= 0.3 is 0 Å². The minimum absolute atomic E-state index is 0.0129. The first kappa shape index (κ1) is 11.6. The highest BCUT2D eigenvalue weighted by Crippen LogP contribution is 2.21. The molecule has 2 aromatic heterocycles. The molecule has 1 aromatic carbocycles. The van der Waals surface area contributed by atoms with Crippen LogP contribution in [0.3, 0.4) is 0 Å². The monoisotopic (exact) mass is 253 g/mol. The normalized spacial score (nSPS) is 10.8. The second-order valence-corrected chi connectivity index (χ2v) is 4.66. The Morgan fingerprint density at radius 3 is 2.95 bits per heavy atom. The van der Waals surface area contributed by atoms with E-state index >= 15 is 0 Å². The molecule has 0 aliphatic rings. The van der Waals surface area contributed by atoms with Crippen molar-refractivity contribution in [2.75, 3.05) is 5.32 Å². The van der Waals surface area contributed by atoms with Gasteiger partial charge in [0.15, 0.2) is 0 Å². The largest absolute Gasteiger partial charge is 0.365 e. The average Bonchev–Trinajstić information content (AvgIpc) is 2.98. The number of carbonyl (C=O) groups is 1. The SMILES string of the molecule is Cc1cc(CC(=O)Nc2cccc3cc[nH]c23)c[nH]1. The first-order chi connectivity index (χ1) is 9.22. The van der Waals surface area contributed by atoms with E-state index in [9.17, 15) is 4.79 Å². The van der Waals surface area contributed by atoms with E-state index < -0.39 is 0 Å². The van der Waals surface area contributed by atoms with Gasteiger partial charge in [0.1, 0.15) is 0 Å². The number of anilines is 1. The standard InChI is InChI=1S/C15H15N3O/c1-10-7-11(9-17-10)8-14(19)18-13-4-2-3-12-5-6-16-15(12)13/h2-7,9,16-17H,8H2,1H3,(H,18,19). The molecule has 0 spiro atoms. The Balaban J connectivity index is 1.77. The molecule has 0 radical (unpaired) electrons. The number of aromatic nitrogens is 2. The molecule has 0 aliphatic carbocycles. The second-order valence-electron chi connectivity index (χ2n) is 4.66. The van der Waals surface area contributed by atoms with Crippen LogP contribution in [0.5, 0.6) is 0 Å². The number of hydrogen-bond donors (Lipinski definition) is 3. The number of amides is 1. The van der Waals surface area contributed by atoms with E-state index in [0.29, 0.717) is 6.42 Å². The summed E-state index contributed by atoms with van der Waals surface area (Å²) in [6.07, 6.45) is 4.11. The molecule has 0 aliphatic heterocycles. The molecule has 0 bridgehead atoms. The van der Waals surface area contributed by atoms with Gasteiger partial charge in [-0.2, -0.15) is 0 Å². The molecular weight excluding hydrogens is 238 g/mol. The lowest BCUT2D eigenvalue weighted by Crippen LogP contribution is -2.14. The zero-order valence-corrected chi connectivity index (χ0v) is 10.7. The van der Waals surface area contributed by atoms with Crippen LogP contribution in [0.1, 0.15) is 11.3 Å². The maximum absolute atomic E-state index is 12.0. The smallest absolute Gasteiger partial charge is 0.228 e. The van der Waals surface area contributed by atoms with Crippen molar-refractivity contribution in [2.45, 2.75) is 13.3 Å². The molecule has 1 amide bonds. The molecule has 0 fully saturated rings. The van der Waals surface area contributed by atoms with Crippen molar-refractivity contribution in [3.8, 4) is 0 Å². The van der Waals surface area contributed by atoms with Gasteiger partial charge in [0.25, 0.3) is 0 Å². The van der Waals surface area contributed by atoms with Crippen molar-refractivity contribution in [2.24, 2.45) is 0 Å². The van der Waals surface area contributed by atoms with Gasteiger partial charge < -0.3 is 15.3 Å². The van der Waals surface area contributed by atoms with Crippen LogP contribution in [0.4, 0.5) is 5.69 Å². The summed E-state index contributed by atoms with van der Waals surface area (Å²) in [7, 11) is 0. The highest BCUT2D eigenvalue weighted by molar-refractivity contribution is 6.01. The third-order valence-corrected chi connectivity index (χ3v) is 3.11. The molecule has 0 saturated carbocycles. The van der Waals surface area contributed by atoms with Gasteiger partial charge in [-0.05, 0) is 30.7 Å². The van der Waals surface area contributed by atoms with Gasteiger partial charge in [-0.15, -0.1) is 0 Å². The lowest BCUT2D eigenvalue weighted by Gasteiger charge is -2.05. The molecular formula is C15H15N3O. The fraction of sp³-hybridized carbons (Fsp3) is 0.133. The maximum Gasteiger partial charge on any atom is 0.228 e. The van der Waals surface area contributed by atoms with Crippen molar-refractivity contribution in [1.82, 2.24) is 9.97 Å². The Morgan fingerprint density at radius 2 is 2.16 bits per heavy atom. The summed E-state index contributed by atoms with van der Waals surface area (Å²) < 4.78 is 0. The van der Waals surface area contributed by atoms with Gasteiger partial charge in [0, 0.05) is 23.5 Å². The maximum atomic E-state index is 12.0. The number of aryl methyl sites for hydroxylation is 1. The summed E-state index contributed by atoms with van der Waals surface area (Å²) in [5.41, 5.74) is 3.84. The lowest BCUT2D eigenvalue weighted by molar-refractivity contribution is -0.115. The molecule has 96 valence electrons. The Hall–Kier alpha value is -2.49. The molecule has 0 unspecified atom stereocenters. The van der Waals surface area contributed by atoms with Crippen LogP contribution in [0, 0.1) is 6.92 Å². The van der Waals surface area contributed by atoms with Crippen molar-refractivity contribution in [3.63, 3.8) is 0 Å². The average molecular weight is 253 g/mol. The van der Waals surface area contributed by atoms with Crippen molar-refractivity contribution >= 4 is 22.5 Å². The molecule has 3 N–H and O–H groups in total. The number of H-pyrrole nitrogens is 2. The Kier molecular flexibility index (Phi) is 2.83. The number of para-hydroxylation sites is 1. The van der Waals surface area contributed by atoms with Gasteiger partial charge in [0.2, 0.25) is 5.91 Å². The Bertz CT molecular complexity index is 724. The number of hydrogen-bond acceptors (Lipinski definition) is 1. The summed E-state index contributed by atoms with van der Waals surface area (Å²) in [5.74, 6) is -0.0129. The van der Waals surface area contributed by atoms with Crippen molar-refractivity contribution < 1.29 is 4.79 Å². The zero-order chi connectivity index (χ0) is 13.2. The van der Waals surface area contributed by atoms with E-state index in [-0.39, 0.29) is 5.91 Å². The van der Waals surface area contributed by atoms with E-state index in [0.717, 1.165) is 27.8 Å². The number of fused-ring (bicyclic) bond motifs is 1. The van der Waals surface area contributed by atoms with Gasteiger partial charge in [-0.3, -0.25) is 4.79 Å². The van der Waals surface area contributed by atoms with Crippen LogP contribution in [-0.2, 0) is 11.2 Å². The van der Waals surface area contributed by atoms with Crippen LogP contribution < -0.4 is 5.32 Å². The highest BCUT2D eigenvalue weighted by Gasteiger charge is 2.08. The van der Waals surface area contributed by atoms with Gasteiger partial charge in [-0.25, -0.2) is 0 Å². The number of rotatable bonds is 3. The minimum Gasteiger partial charge on any atom is -0.365 e. The summed E-state index contributed by atoms with van der Waals surface area (Å²) in [6, 6.07) is 9.82. The first-order valence-electron chi connectivity index (χ1n) is 6.22. The molecule has 19 heavy (non-hydrogen) atoms. The quantitative estimate of drug-likeness (QED) is 0.660. The molecule has 2 heterocycles. The summed E-state index contributed by atoms with van der Waals surface area (Å²) >= 11 is 0. The highest BCUT2D eigenvalue weighted by atomic mass is 16.1. The second kappa shape index (κ2) is 4.65. The van der Waals surface area contributed by atoms with E-state index in [4.69, 9.17) is 0 Å². The fourth-order valence-electron chi connectivity index (χ4n) is 2.24. The van der Waals surface area contributed by atoms with E-state index in [1.165, 1.54) is 0 Å². The van der Waals surface area contributed by atoms with Crippen molar-refractivity contribution in [1.29, 1.82) is 0 Å². The predicted molar refractivity (Wildman–Crippen MR) is 76.2 cm³/mol. The fourth-order valence-corrected chi connectivity index (χ4v) is 2.24. The molecule has 3 rings (SSSR count). The topological polar surface area (TPSA) is 60.7 Å². The number of nitrogens with one attached hydrogen (secondary N) is 3. The summed E-state index contributed by atoms with van der Waals surface area (Å²) in [6.45, 7) is 1.97. The molecule has 4 heteroatoms. The molecule has 3 aromatic rings. The van der Waals surface area contributed by atoms with Crippen LogP contribution in [0.25, 0.3) is 10.9 Å². The Morgan fingerprint density at radius 1 is 1.26 bits per heavy atom. The van der Waals surface area contributed by atoms with Crippen LogP contribution in [0.15, 0.2) is 42.7 Å². The van der Waals surface area contributed by atoms with Crippen LogP contribution in [0.2, 0.25) is 0 Å². The molecule has 0 saturated heterocycles. The Labute approximate surface area is 110 Å². The summed E-state index contributed by atoms with van der Waals surface area (Å²) in [5, 5.41) is 4.04. The number of carbonyl (C=O) groups excluding carboxylic acids is 1.